The third kappa shape index (κ3) is 3.57. The van der Waals surface area contributed by atoms with Crippen molar-refractivity contribution in [3.8, 4) is 0 Å². The molecule has 0 aromatic rings. The molecule has 0 saturated heterocycles. The van der Waals surface area contributed by atoms with Crippen LogP contribution in [-0.2, 0) is 4.79 Å². The maximum Gasteiger partial charge on any atom is 0.221 e. The number of halogens is 1. The van der Waals surface area contributed by atoms with E-state index in [4.69, 9.17) is 11.6 Å². The summed E-state index contributed by atoms with van der Waals surface area (Å²) in [5.74, 6) is 2.49. The summed E-state index contributed by atoms with van der Waals surface area (Å²) in [7, 11) is 0. The second-order valence-corrected chi connectivity index (χ2v) is 4.70. The first kappa shape index (κ1) is 10.0. The highest BCUT2D eigenvalue weighted by Crippen LogP contribution is 2.46. The predicted octanol–water partition coefficient (Wildman–Crippen LogP) is 3.21. The topological polar surface area (TPSA) is 17.1 Å². The molecule has 1 aliphatic carbocycles. The highest BCUT2D eigenvalue weighted by Gasteiger charge is 2.36. The fourth-order valence-electron chi connectivity index (χ4n) is 1.86. The van der Waals surface area contributed by atoms with Gasteiger partial charge in [-0.1, -0.05) is 13.8 Å². The van der Waals surface area contributed by atoms with Crippen LogP contribution in [0.15, 0.2) is 0 Å². The SMILES string of the molecule is CC(C)CC1CC1CCC(=O)Cl. The summed E-state index contributed by atoms with van der Waals surface area (Å²) in [6, 6.07) is 0. The average Bonchev–Trinajstić information content (AvgIpc) is 2.62. The Hall–Kier alpha value is -0.0400. The van der Waals surface area contributed by atoms with E-state index in [1.807, 2.05) is 0 Å². The highest BCUT2D eigenvalue weighted by atomic mass is 35.5. The van der Waals surface area contributed by atoms with Crippen molar-refractivity contribution in [1.29, 1.82) is 0 Å². The molecule has 0 aliphatic heterocycles. The molecular formula is C10H17ClO. The van der Waals surface area contributed by atoms with E-state index < -0.39 is 0 Å². The van der Waals surface area contributed by atoms with Crippen molar-refractivity contribution in [1.82, 2.24) is 0 Å². The monoisotopic (exact) mass is 188 g/mol. The molecule has 12 heavy (non-hydrogen) atoms. The molecule has 2 unspecified atom stereocenters. The van der Waals surface area contributed by atoms with Gasteiger partial charge in [-0.3, -0.25) is 4.79 Å². The lowest BCUT2D eigenvalue weighted by Crippen LogP contribution is -1.93. The first-order valence-corrected chi connectivity index (χ1v) is 5.15. The first-order valence-electron chi connectivity index (χ1n) is 4.78. The van der Waals surface area contributed by atoms with Gasteiger partial charge in [0.2, 0.25) is 5.24 Å². The van der Waals surface area contributed by atoms with Crippen molar-refractivity contribution in [3.05, 3.63) is 0 Å². The molecule has 1 saturated carbocycles. The number of rotatable bonds is 5. The Labute approximate surface area is 79.5 Å². The minimum absolute atomic E-state index is 0.176. The lowest BCUT2D eigenvalue weighted by atomic mass is 10.0. The second-order valence-electron chi connectivity index (χ2n) is 4.28. The normalized spacial score (nSPS) is 27.7. The van der Waals surface area contributed by atoms with Crippen molar-refractivity contribution in [2.24, 2.45) is 17.8 Å². The zero-order valence-electron chi connectivity index (χ0n) is 7.85. The van der Waals surface area contributed by atoms with Crippen molar-refractivity contribution in [2.45, 2.75) is 39.5 Å². The number of hydrogen-bond donors (Lipinski definition) is 0. The lowest BCUT2D eigenvalue weighted by molar-refractivity contribution is -0.111. The molecule has 0 N–H and O–H groups in total. The van der Waals surface area contributed by atoms with Crippen LogP contribution in [-0.4, -0.2) is 5.24 Å². The van der Waals surface area contributed by atoms with Crippen LogP contribution in [0.1, 0.15) is 39.5 Å². The van der Waals surface area contributed by atoms with Crippen molar-refractivity contribution in [2.75, 3.05) is 0 Å². The zero-order valence-corrected chi connectivity index (χ0v) is 8.60. The van der Waals surface area contributed by atoms with E-state index in [9.17, 15) is 4.79 Å². The van der Waals surface area contributed by atoms with Crippen LogP contribution in [0, 0.1) is 17.8 Å². The van der Waals surface area contributed by atoms with Gasteiger partial charge in [0.1, 0.15) is 0 Å². The third-order valence-corrected chi connectivity index (χ3v) is 2.74. The van der Waals surface area contributed by atoms with Gasteiger partial charge in [0.25, 0.3) is 0 Å². The third-order valence-electron chi connectivity index (χ3n) is 2.55. The Balaban J connectivity index is 2.04. The van der Waals surface area contributed by atoms with Crippen LogP contribution in [0.3, 0.4) is 0 Å². The molecule has 70 valence electrons. The summed E-state index contributed by atoms with van der Waals surface area (Å²) in [5.41, 5.74) is 0. The van der Waals surface area contributed by atoms with E-state index in [0.717, 1.165) is 24.2 Å². The van der Waals surface area contributed by atoms with Gasteiger partial charge < -0.3 is 0 Å². The smallest absolute Gasteiger partial charge is 0.221 e. The Morgan fingerprint density at radius 3 is 2.67 bits per heavy atom. The quantitative estimate of drug-likeness (QED) is 0.606. The van der Waals surface area contributed by atoms with Gasteiger partial charge in [0.15, 0.2) is 0 Å². The lowest BCUT2D eigenvalue weighted by Gasteiger charge is -2.01. The highest BCUT2D eigenvalue weighted by molar-refractivity contribution is 6.63. The molecule has 2 heteroatoms. The molecule has 0 spiro atoms. The van der Waals surface area contributed by atoms with Gasteiger partial charge in [-0.15, -0.1) is 0 Å². The molecule has 1 aliphatic rings. The van der Waals surface area contributed by atoms with E-state index >= 15 is 0 Å². The Kier molecular flexibility index (Phi) is 3.57. The Bertz CT molecular complexity index is 165. The van der Waals surface area contributed by atoms with Crippen molar-refractivity contribution >= 4 is 16.8 Å². The van der Waals surface area contributed by atoms with Crippen LogP contribution in [0.5, 0.6) is 0 Å². The van der Waals surface area contributed by atoms with Gasteiger partial charge in [-0.2, -0.15) is 0 Å². The second kappa shape index (κ2) is 4.27. The summed E-state index contributed by atoms with van der Waals surface area (Å²) >= 11 is 5.26. The maximum absolute atomic E-state index is 10.5. The number of carbonyl (C=O) groups is 1. The molecule has 0 amide bonds. The largest absolute Gasteiger partial charge is 0.281 e. The minimum atomic E-state index is -0.176. The van der Waals surface area contributed by atoms with E-state index in [-0.39, 0.29) is 5.24 Å². The van der Waals surface area contributed by atoms with E-state index in [0.29, 0.717) is 6.42 Å². The van der Waals surface area contributed by atoms with Crippen LogP contribution in [0.2, 0.25) is 0 Å². The van der Waals surface area contributed by atoms with Crippen LogP contribution >= 0.6 is 11.6 Å². The molecule has 0 aromatic heterocycles. The summed E-state index contributed by atoms with van der Waals surface area (Å²) in [6.07, 6.45) is 4.23. The first-order chi connectivity index (χ1) is 5.59. The fourth-order valence-corrected chi connectivity index (χ4v) is 1.97. The van der Waals surface area contributed by atoms with Crippen LogP contribution < -0.4 is 0 Å². The van der Waals surface area contributed by atoms with Gasteiger partial charge in [-0.25, -0.2) is 0 Å². The minimum Gasteiger partial charge on any atom is -0.281 e. The fraction of sp³-hybridized carbons (Fsp3) is 0.900. The zero-order chi connectivity index (χ0) is 9.14. The summed E-state index contributed by atoms with van der Waals surface area (Å²) < 4.78 is 0. The molecule has 0 aromatic carbocycles. The molecular weight excluding hydrogens is 172 g/mol. The van der Waals surface area contributed by atoms with Gasteiger partial charge >= 0.3 is 0 Å². The molecule has 1 fully saturated rings. The van der Waals surface area contributed by atoms with Crippen molar-refractivity contribution in [3.63, 3.8) is 0 Å². The van der Waals surface area contributed by atoms with E-state index in [1.165, 1.54) is 12.8 Å². The van der Waals surface area contributed by atoms with Crippen LogP contribution in [0.4, 0.5) is 0 Å². The summed E-state index contributed by atoms with van der Waals surface area (Å²) in [4.78, 5) is 10.5. The molecule has 0 heterocycles. The van der Waals surface area contributed by atoms with Crippen LogP contribution in [0.25, 0.3) is 0 Å². The number of carbonyl (C=O) groups excluding carboxylic acids is 1. The molecule has 0 radical (unpaired) electrons. The van der Waals surface area contributed by atoms with E-state index in [2.05, 4.69) is 13.8 Å². The molecule has 0 bridgehead atoms. The van der Waals surface area contributed by atoms with E-state index in [1.54, 1.807) is 0 Å². The standard InChI is InChI=1S/C10H17ClO/c1-7(2)5-9-6-8(9)3-4-10(11)12/h7-9H,3-6H2,1-2H3. The van der Waals surface area contributed by atoms with Crippen molar-refractivity contribution < 1.29 is 4.79 Å². The summed E-state index contributed by atoms with van der Waals surface area (Å²) in [5, 5.41) is -0.176. The van der Waals surface area contributed by atoms with Gasteiger partial charge in [0, 0.05) is 6.42 Å². The number of hydrogen-bond acceptors (Lipinski definition) is 1. The summed E-state index contributed by atoms with van der Waals surface area (Å²) in [6.45, 7) is 4.50. The Morgan fingerprint density at radius 1 is 1.50 bits per heavy atom. The maximum atomic E-state index is 10.5. The Morgan fingerprint density at radius 2 is 2.17 bits per heavy atom. The molecule has 2 atom stereocenters. The van der Waals surface area contributed by atoms with Gasteiger partial charge in [0.05, 0.1) is 0 Å². The van der Waals surface area contributed by atoms with Gasteiger partial charge in [-0.05, 0) is 48.6 Å². The predicted molar refractivity (Wildman–Crippen MR) is 51.1 cm³/mol. The average molecular weight is 189 g/mol. The molecule has 1 rings (SSSR count). The molecule has 1 nitrogen and oxygen atoms in total.